The lowest BCUT2D eigenvalue weighted by Crippen LogP contribution is -2.27. The van der Waals surface area contributed by atoms with Gasteiger partial charge in [-0.25, -0.2) is 13.4 Å². The Kier molecular flexibility index (Phi) is 6.96. The molecule has 0 aliphatic carbocycles. The Morgan fingerprint density at radius 1 is 1.12 bits per heavy atom. The number of nitrogens with zero attached hydrogens (tertiary/aromatic N) is 3. The molecule has 14 heteroatoms. The van der Waals surface area contributed by atoms with Gasteiger partial charge >= 0.3 is 6.18 Å². The molecule has 0 bridgehead atoms. The van der Waals surface area contributed by atoms with E-state index < -0.39 is 38.9 Å². The fourth-order valence-electron chi connectivity index (χ4n) is 2.45. The number of ether oxygens (including phenoxy) is 2. The number of anilines is 1. The van der Waals surface area contributed by atoms with E-state index in [4.69, 9.17) is 32.7 Å². The van der Waals surface area contributed by atoms with Crippen molar-refractivity contribution >= 4 is 39.0 Å². The van der Waals surface area contributed by atoms with E-state index in [2.05, 4.69) is 15.0 Å². The summed E-state index contributed by atoms with van der Waals surface area (Å²) in [6, 6.07) is 6.30. The molecule has 0 saturated carbocycles. The van der Waals surface area contributed by atoms with Crippen LogP contribution in [0.5, 0.6) is 11.8 Å². The molecule has 2 heterocycles. The van der Waals surface area contributed by atoms with Gasteiger partial charge in [-0.2, -0.15) is 18.2 Å². The number of benzene rings is 1. The van der Waals surface area contributed by atoms with Crippen molar-refractivity contribution in [3.05, 3.63) is 64.5 Å². The largest absolute Gasteiger partial charge is 0.480 e. The first-order valence-corrected chi connectivity index (χ1v) is 10.8. The summed E-state index contributed by atoms with van der Waals surface area (Å²) in [5.74, 6) is -1.62. The molecule has 3 rings (SSSR count). The highest BCUT2D eigenvalue weighted by molar-refractivity contribution is 7.92. The topological polar surface area (TPSA) is 103 Å². The molecule has 0 spiro atoms. The average molecular weight is 509 g/mol. The number of alkyl halides is 3. The summed E-state index contributed by atoms with van der Waals surface area (Å²) in [7, 11) is -3.23. The van der Waals surface area contributed by atoms with Gasteiger partial charge in [0.05, 0.1) is 23.4 Å². The summed E-state index contributed by atoms with van der Waals surface area (Å²) < 4.78 is 78.7. The van der Waals surface area contributed by atoms with Crippen molar-refractivity contribution in [2.45, 2.75) is 17.2 Å². The monoisotopic (exact) mass is 508 g/mol. The Morgan fingerprint density at radius 2 is 1.88 bits per heavy atom. The minimum atomic E-state index is -4.89. The average Bonchev–Trinajstić information content (AvgIpc) is 2.74. The lowest BCUT2D eigenvalue weighted by atomic mass is 10.1. The van der Waals surface area contributed by atoms with Gasteiger partial charge in [0.1, 0.15) is 4.90 Å². The number of pyridine rings is 1. The molecule has 1 atom stereocenters. The van der Waals surface area contributed by atoms with Crippen LogP contribution in [0.25, 0.3) is 0 Å². The minimum Gasteiger partial charge on any atom is -0.480 e. The SMILES string of the molecule is COc1cnc(NS(=O)(=O)c2cccc(Cl)c2Cl)c(OC(c2cccnc2)C(F)(F)F)n1. The van der Waals surface area contributed by atoms with Gasteiger partial charge < -0.3 is 9.47 Å². The number of sulfonamides is 1. The third-order valence-corrected chi connectivity index (χ3v) is 6.19. The van der Waals surface area contributed by atoms with Gasteiger partial charge in [0, 0.05) is 18.0 Å². The van der Waals surface area contributed by atoms with Crippen LogP contribution in [-0.4, -0.2) is 36.7 Å². The zero-order valence-electron chi connectivity index (χ0n) is 16.0. The summed E-state index contributed by atoms with van der Waals surface area (Å²) >= 11 is 11.8. The van der Waals surface area contributed by atoms with Crippen LogP contribution in [0.2, 0.25) is 10.0 Å². The van der Waals surface area contributed by atoms with E-state index >= 15 is 0 Å². The summed E-state index contributed by atoms with van der Waals surface area (Å²) in [4.78, 5) is 10.8. The van der Waals surface area contributed by atoms with Crippen LogP contribution in [0.3, 0.4) is 0 Å². The lowest BCUT2D eigenvalue weighted by Gasteiger charge is -2.22. The van der Waals surface area contributed by atoms with Crippen LogP contribution in [0, 0.1) is 0 Å². The van der Waals surface area contributed by atoms with Crippen LogP contribution in [0.1, 0.15) is 11.7 Å². The maximum absolute atomic E-state index is 13.7. The Bertz CT molecular complexity index is 1210. The van der Waals surface area contributed by atoms with Crippen molar-refractivity contribution in [1.82, 2.24) is 15.0 Å². The van der Waals surface area contributed by atoms with Gasteiger partial charge in [-0.1, -0.05) is 35.3 Å². The number of hydrogen-bond acceptors (Lipinski definition) is 7. The van der Waals surface area contributed by atoms with Crippen LogP contribution >= 0.6 is 23.2 Å². The molecule has 8 nitrogen and oxygen atoms in total. The minimum absolute atomic E-state index is 0.0412. The third-order valence-electron chi connectivity index (χ3n) is 3.88. The standard InChI is InChI=1S/C18H13Cl2F3N4O4S/c1-30-13-9-25-16(27-32(28,29)12-6-2-5-11(19)14(12)20)17(26-13)31-15(18(21,22)23)10-4-3-7-24-8-10/h2-9,15H,1H3,(H,25,27). The molecule has 170 valence electrons. The first kappa shape index (κ1) is 23.8. The molecule has 32 heavy (non-hydrogen) atoms. The summed E-state index contributed by atoms with van der Waals surface area (Å²) in [6.45, 7) is 0. The van der Waals surface area contributed by atoms with Crippen LogP contribution in [0.15, 0.2) is 53.8 Å². The summed E-state index contributed by atoms with van der Waals surface area (Å²) in [5.41, 5.74) is -0.337. The highest BCUT2D eigenvalue weighted by Gasteiger charge is 2.44. The molecule has 1 N–H and O–H groups in total. The van der Waals surface area contributed by atoms with Crippen molar-refractivity contribution in [3.63, 3.8) is 0 Å². The number of halogens is 5. The van der Waals surface area contributed by atoms with Crippen LogP contribution in [-0.2, 0) is 10.0 Å². The Labute approximate surface area is 190 Å². The van der Waals surface area contributed by atoms with Gasteiger partial charge in [-0.05, 0) is 18.2 Å². The molecule has 2 aromatic heterocycles. The molecule has 1 aromatic carbocycles. The molecule has 0 amide bonds. The predicted octanol–water partition coefficient (Wildman–Crippen LogP) is 4.67. The Hall–Kier alpha value is -2.83. The fraction of sp³-hybridized carbons (Fsp3) is 0.167. The van der Waals surface area contributed by atoms with Gasteiger partial charge in [0.2, 0.25) is 17.8 Å². The Morgan fingerprint density at radius 3 is 2.50 bits per heavy atom. The highest BCUT2D eigenvalue weighted by Crippen LogP contribution is 2.39. The quantitative estimate of drug-likeness (QED) is 0.494. The number of aromatic nitrogens is 3. The first-order valence-electron chi connectivity index (χ1n) is 8.54. The van der Waals surface area contributed by atoms with Crippen molar-refractivity contribution in [3.8, 4) is 11.8 Å². The number of methoxy groups -OCH3 is 1. The molecule has 0 radical (unpaired) electrons. The zero-order chi connectivity index (χ0) is 23.5. The number of hydrogen-bond donors (Lipinski definition) is 1. The second-order valence-corrected chi connectivity index (χ2v) is 8.49. The lowest BCUT2D eigenvalue weighted by molar-refractivity contribution is -0.198. The molecular formula is C18H13Cl2F3N4O4S. The molecule has 3 aromatic rings. The number of nitrogens with one attached hydrogen (secondary N) is 1. The van der Waals surface area contributed by atoms with Crippen molar-refractivity contribution < 1.29 is 31.1 Å². The molecule has 0 saturated heterocycles. The van der Waals surface area contributed by atoms with Gasteiger partial charge in [0.25, 0.3) is 15.9 Å². The molecule has 0 aliphatic rings. The van der Waals surface area contributed by atoms with E-state index in [1.807, 2.05) is 4.72 Å². The smallest absolute Gasteiger partial charge is 0.429 e. The van der Waals surface area contributed by atoms with E-state index in [1.54, 1.807) is 0 Å². The normalized spacial score (nSPS) is 12.8. The highest BCUT2D eigenvalue weighted by atomic mass is 35.5. The van der Waals surface area contributed by atoms with Gasteiger partial charge in [-0.3, -0.25) is 9.71 Å². The van der Waals surface area contributed by atoms with Crippen LogP contribution in [0.4, 0.5) is 19.0 Å². The van der Waals surface area contributed by atoms with Crippen LogP contribution < -0.4 is 14.2 Å². The van der Waals surface area contributed by atoms with Gasteiger partial charge in [-0.15, -0.1) is 0 Å². The maximum atomic E-state index is 13.7. The fourth-order valence-corrected chi connectivity index (χ4v) is 4.22. The van der Waals surface area contributed by atoms with Crippen molar-refractivity contribution in [2.24, 2.45) is 0 Å². The number of rotatable bonds is 7. The van der Waals surface area contributed by atoms with E-state index in [0.29, 0.717) is 0 Å². The molecular weight excluding hydrogens is 496 g/mol. The van der Waals surface area contributed by atoms with E-state index in [1.165, 1.54) is 31.5 Å². The predicted molar refractivity (Wildman–Crippen MR) is 110 cm³/mol. The van der Waals surface area contributed by atoms with E-state index in [0.717, 1.165) is 24.5 Å². The van der Waals surface area contributed by atoms with Crippen molar-refractivity contribution in [1.29, 1.82) is 0 Å². The van der Waals surface area contributed by atoms with E-state index in [9.17, 15) is 21.6 Å². The second-order valence-electron chi connectivity index (χ2n) is 6.05. The second kappa shape index (κ2) is 9.35. The van der Waals surface area contributed by atoms with Gasteiger partial charge in [0.15, 0.2) is 0 Å². The summed E-state index contributed by atoms with van der Waals surface area (Å²) in [6.07, 6.45) is -4.16. The molecule has 1 unspecified atom stereocenters. The van der Waals surface area contributed by atoms with Crippen molar-refractivity contribution in [2.75, 3.05) is 11.8 Å². The Balaban J connectivity index is 2.04. The molecule has 0 aliphatic heterocycles. The summed E-state index contributed by atoms with van der Waals surface area (Å²) in [5, 5.41) is -0.324. The zero-order valence-corrected chi connectivity index (χ0v) is 18.3. The van der Waals surface area contributed by atoms with E-state index in [-0.39, 0.29) is 21.5 Å². The molecule has 0 fully saturated rings. The maximum Gasteiger partial charge on any atom is 0.429 e. The first-order chi connectivity index (χ1) is 15.0. The third kappa shape index (κ3) is 5.31.